The van der Waals surface area contributed by atoms with E-state index in [9.17, 15) is 4.79 Å². The summed E-state index contributed by atoms with van der Waals surface area (Å²) in [6, 6.07) is 5.23. The average molecular weight is 229 g/mol. The Bertz CT molecular complexity index is 363. The van der Waals surface area contributed by atoms with E-state index in [2.05, 4.69) is 4.74 Å². The van der Waals surface area contributed by atoms with Gasteiger partial charge in [0.2, 0.25) is 0 Å². The molecule has 0 aliphatic rings. The zero-order chi connectivity index (χ0) is 11.4. The molecule has 1 aromatic rings. The first-order valence-electron chi connectivity index (χ1n) is 4.55. The molecule has 0 saturated carbocycles. The molecule has 0 aliphatic heterocycles. The SMILES string of the molecule is COC(=O)[C@@H](C)Oc1ccc(Cl)c(C)c1. The van der Waals surface area contributed by atoms with Crippen molar-refractivity contribution in [3.63, 3.8) is 0 Å². The van der Waals surface area contributed by atoms with Crippen LogP contribution in [0.2, 0.25) is 5.02 Å². The molecule has 1 aromatic carbocycles. The van der Waals surface area contributed by atoms with Gasteiger partial charge in [-0.1, -0.05) is 11.6 Å². The molecule has 0 aliphatic carbocycles. The first-order chi connectivity index (χ1) is 7.04. The zero-order valence-corrected chi connectivity index (χ0v) is 9.67. The van der Waals surface area contributed by atoms with E-state index >= 15 is 0 Å². The van der Waals surface area contributed by atoms with Gasteiger partial charge in [-0.2, -0.15) is 0 Å². The van der Waals surface area contributed by atoms with Crippen LogP contribution in [0.5, 0.6) is 5.75 Å². The minimum absolute atomic E-state index is 0.400. The fourth-order valence-electron chi connectivity index (χ4n) is 1.11. The van der Waals surface area contributed by atoms with Gasteiger partial charge < -0.3 is 9.47 Å². The maximum absolute atomic E-state index is 11.1. The van der Waals surface area contributed by atoms with E-state index in [-0.39, 0.29) is 0 Å². The van der Waals surface area contributed by atoms with Gasteiger partial charge in [0.25, 0.3) is 0 Å². The Morgan fingerprint density at radius 2 is 2.13 bits per heavy atom. The lowest BCUT2D eigenvalue weighted by Gasteiger charge is -2.12. The number of esters is 1. The van der Waals surface area contributed by atoms with E-state index in [1.165, 1.54) is 7.11 Å². The number of ether oxygens (including phenoxy) is 2. The molecule has 0 spiro atoms. The number of methoxy groups -OCH3 is 1. The Labute approximate surface area is 93.9 Å². The van der Waals surface area contributed by atoms with Gasteiger partial charge in [-0.15, -0.1) is 0 Å². The van der Waals surface area contributed by atoms with Crippen molar-refractivity contribution < 1.29 is 14.3 Å². The highest BCUT2D eigenvalue weighted by Crippen LogP contribution is 2.21. The predicted octanol–water partition coefficient (Wildman–Crippen LogP) is 2.59. The molecule has 0 bridgehead atoms. The number of carbonyl (C=O) groups excluding carboxylic acids is 1. The normalized spacial score (nSPS) is 12.0. The first kappa shape index (κ1) is 11.9. The molecule has 0 saturated heterocycles. The highest BCUT2D eigenvalue weighted by Gasteiger charge is 2.14. The van der Waals surface area contributed by atoms with E-state index in [1.54, 1.807) is 25.1 Å². The minimum atomic E-state index is -0.615. The number of aryl methyl sites for hydroxylation is 1. The average Bonchev–Trinajstić information content (AvgIpc) is 2.22. The summed E-state index contributed by atoms with van der Waals surface area (Å²) in [5.41, 5.74) is 0.909. The van der Waals surface area contributed by atoms with Crippen LogP contribution in [0.25, 0.3) is 0 Å². The molecular formula is C11H13ClO3. The molecule has 0 fully saturated rings. The largest absolute Gasteiger partial charge is 0.479 e. The highest BCUT2D eigenvalue weighted by atomic mass is 35.5. The van der Waals surface area contributed by atoms with Crippen LogP contribution in [0, 0.1) is 6.92 Å². The summed E-state index contributed by atoms with van der Waals surface area (Å²) in [5, 5.41) is 0.674. The third-order valence-corrected chi connectivity index (χ3v) is 2.40. The summed E-state index contributed by atoms with van der Waals surface area (Å²) in [6.45, 7) is 3.51. The fourth-order valence-corrected chi connectivity index (χ4v) is 1.23. The summed E-state index contributed by atoms with van der Waals surface area (Å²) in [6.07, 6.45) is -0.615. The molecular weight excluding hydrogens is 216 g/mol. The van der Waals surface area contributed by atoms with Crippen molar-refractivity contribution in [2.75, 3.05) is 7.11 Å². The Morgan fingerprint density at radius 3 is 2.67 bits per heavy atom. The zero-order valence-electron chi connectivity index (χ0n) is 8.91. The molecule has 82 valence electrons. The third kappa shape index (κ3) is 3.13. The molecule has 0 heterocycles. The number of hydrogen-bond donors (Lipinski definition) is 0. The topological polar surface area (TPSA) is 35.5 Å². The molecule has 0 aromatic heterocycles. The Hall–Kier alpha value is -1.22. The third-order valence-electron chi connectivity index (χ3n) is 1.98. The Balaban J connectivity index is 2.73. The summed E-state index contributed by atoms with van der Waals surface area (Å²) < 4.78 is 9.92. The molecule has 0 unspecified atom stereocenters. The second-order valence-electron chi connectivity index (χ2n) is 3.19. The second-order valence-corrected chi connectivity index (χ2v) is 3.60. The maximum Gasteiger partial charge on any atom is 0.346 e. The van der Waals surface area contributed by atoms with Crippen LogP contribution in [-0.2, 0) is 9.53 Å². The van der Waals surface area contributed by atoms with Crippen molar-refractivity contribution in [3.05, 3.63) is 28.8 Å². The molecule has 1 atom stereocenters. The summed E-state index contributed by atoms with van der Waals surface area (Å²) in [5.74, 6) is 0.206. The molecule has 3 nitrogen and oxygen atoms in total. The summed E-state index contributed by atoms with van der Waals surface area (Å²) in [7, 11) is 1.33. The molecule has 0 N–H and O–H groups in total. The fraction of sp³-hybridized carbons (Fsp3) is 0.364. The smallest absolute Gasteiger partial charge is 0.346 e. The first-order valence-corrected chi connectivity index (χ1v) is 4.93. The van der Waals surface area contributed by atoms with Crippen LogP contribution in [0.15, 0.2) is 18.2 Å². The maximum atomic E-state index is 11.1. The monoisotopic (exact) mass is 228 g/mol. The molecule has 15 heavy (non-hydrogen) atoms. The van der Waals surface area contributed by atoms with Crippen molar-refractivity contribution >= 4 is 17.6 Å². The van der Waals surface area contributed by atoms with Crippen LogP contribution < -0.4 is 4.74 Å². The van der Waals surface area contributed by atoms with Gasteiger partial charge >= 0.3 is 5.97 Å². The Morgan fingerprint density at radius 1 is 1.47 bits per heavy atom. The lowest BCUT2D eigenvalue weighted by molar-refractivity contribution is -0.147. The van der Waals surface area contributed by atoms with Crippen molar-refractivity contribution in [2.24, 2.45) is 0 Å². The quantitative estimate of drug-likeness (QED) is 0.746. The van der Waals surface area contributed by atoms with Gasteiger partial charge in [0, 0.05) is 5.02 Å². The molecule has 1 rings (SSSR count). The van der Waals surface area contributed by atoms with E-state index < -0.39 is 12.1 Å². The van der Waals surface area contributed by atoms with E-state index in [0.717, 1.165) is 5.56 Å². The van der Waals surface area contributed by atoms with Crippen LogP contribution in [0.4, 0.5) is 0 Å². The molecule has 0 radical (unpaired) electrons. The number of hydrogen-bond acceptors (Lipinski definition) is 3. The summed E-state index contributed by atoms with van der Waals surface area (Å²) >= 11 is 5.86. The number of benzene rings is 1. The van der Waals surface area contributed by atoms with Gasteiger partial charge in [0.1, 0.15) is 5.75 Å². The Kier molecular flexibility index (Phi) is 3.97. The van der Waals surface area contributed by atoms with Crippen LogP contribution in [0.3, 0.4) is 0 Å². The number of carbonyl (C=O) groups is 1. The standard InChI is InChI=1S/C11H13ClO3/c1-7-6-9(4-5-10(7)12)15-8(2)11(13)14-3/h4-6,8H,1-3H3/t8-/m1/s1. The molecule has 4 heteroatoms. The van der Waals surface area contributed by atoms with Gasteiger partial charge in [-0.25, -0.2) is 4.79 Å². The van der Waals surface area contributed by atoms with Gasteiger partial charge in [-0.05, 0) is 37.6 Å². The highest BCUT2D eigenvalue weighted by molar-refractivity contribution is 6.31. The minimum Gasteiger partial charge on any atom is -0.479 e. The van der Waals surface area contributed by atoms with Gasteiger partial charge in [0.15, 0.2) is 6.10 Å². The van der Waals surface area contributed by atoms with Crippen molar-refractivity contribution in [3.8, 4) is 5.75 Å². The van der Waals surface area contributed by atoms with Gasteiger partial charge in [-0.3, -0.25) is 0 Å². The second kappa shape index (κ2) is 5.03. The van der Waals surface area contributed by atoms with Crippen LogP contribution in [-0.4, -0.2) is 19.2 Å². The van der Waals surface area contributed by atoms with Crippen molar-refractivity contribution in [2.45, 2.75) is 20.0 Å². The number of halogens is 1. The van der Waals surface area contributed by atoms with Crippen LogP contribution >= 0.6 is 11.6 Å². The van der Waals surface area contributed by atoms with Crippen molar-refractivity contribution in [1.29, 1.82) is 0 Å². The van der Waals surface area contributed by atoms with E-state index in [1.807, 2.05) is 6.92 Å². The van der Waals surface area contributed by atoms with E-state index in [4.69, 9.17) is 16.3 Å². The summed E-state index contributed by atoms with van der Waals surface area (Å²) in [4.78, 5) is 11.1. The van der Waals surface area contributed by atoms with E-state index in [0.29, 0.717) is 10.8 Å². The lowest BCUT2D eigenvalue weighted by atomic mass is 10.2. The number of rotatable bonds is 3. The predicted molar refractivity (Wildman–Crippen MR) is 58.3 cm³/mol. The van der Waals surface area contributed by atoms with Crippen LogP contribution in [0.1, 0.15) is 12.5 Å². The molecule has 0 amide bonds. The lowest BCUT2D eigenvalue weighted by Crippen LogP contribution is -2.24. The van der Waals surface area contributed by atoms with Crippen molar-refractivity contribution in [1.82, 2.24) is 0 Å². The van der Waals surface area contributed by atoms with Gasteiger partial charge in [0.05, 0.1) is 7.11 Å².